The van der Waals surface area contributed by atoms with Crippen LogP contribution in [-0.4, -0.2) is 46.1 Å². The fourth-order valence-corrected chi connectivity index (χ4v) is 3.15. The summed E-state index contributed by atoms with van der Waals surface area (Å²) in [5.41, 5.74) is 6.89. The first-order chi connectivity index (χ1) is 11.2. The summed E-state index contributed by atoms with van der Waals surface area (Å²) in [7, 11) is 2.13. The molecule has 2 N–H and O–H groups in total. The highest BCUT2D eigenvalue weighted by atomic mass is 16.5. The molecule has 1 aliphatic rings. The zero-order valence-electron chi connectivity index (χ0n) is 13.7. The fraction of sp³-hybridized carbons (Fsp3) is 0.529. The second-order valence-electron chi connectivity index (χ2n) is 6.22. The van der Waals surface area contributed by atoms with E-state index in [1.807, 2.05) is 0 Å². The molecule has 0 amide bonds. The lowest BCUT2D eigenvalue weighted by Crippen LogP contribution is -2.42. The first-order valence-corrected chi connectivity index (χ1v) is 8.22. The molecule has 0 radical (unpaired) electrons. The Kier molecular flexibility index (Phi) is 5.38. The Morgan fingerprint density at radius 3 is 2.65 bits per heavy atom. The molecule has 1 saturated heterocycles. The molecule has 1 aromatic heterocycles. The van der Waals surface area contributed by atoms with E-state index in [9.17, 15) is 0 Å². The number of piperidine rings is 1. The van der Waals surface area contributed by atoms with Gasteiger partial charge in [0.05, 0.1) is 13.1 Å². The molecule has 6 nitrogen and oxygen atoms in total. The molecule has 1 fully saturated rings. The van der Waals surface area contributed by atoms with Gasteiger partial charge in [-0.1, -0.05) is 35.5 Å². The average molecular weight is 315 g/mol. The predicted octanol–water partition coefficient (Wildman–Crippen LogP) is 1.62. The number of benzene rings is 1. The van der Waals surface area contributed by atoms with E-state index in [1.54, 1.807) is 0 Å². The summed E-state index contributed by atoms with van der Waals surface area (Å²) in [6.45, 7) is 4.32. The maximum absolute atomic E-state index is 5.50. The first-order valence-electron chi connectivity index (χ1n) is 8.22. The van der Waals surface area contributed by atoms with Crippen LogP contribution in [0.5, 0.6) is 0 Å². The normalized spacial score (nSPS) is 17.0. The average Bonchev–Trinajstić information content (AvgIpc) is 3.04. The van der Waals surface area contributed by atoms with E-state index in [1.165, 1.54) is 18.4 Å². The summed E-state index contributed by atoms with van der Waals surface area (Å²) in [5.74, 6) is 1.23. The van der Waals surface area contributed by atoms with Gasteiger partial charge < -0.3 is 10.3 Å². The van der Waals surface area contributed by atoms with E-state index in [0.29, 0.717) is 25.0 Å². The van der Waals surface area contributed by atoms with Crippen LogP contribution < -0.4 is 5.73 Å². The van der Waals surface area contributed by atoms with Crippen molar-refractivity contribution in [3.63, 3.8) is 0 Å². The van der Waals surface area contributed by atoms with Crippen molar-refractivity contribution in [2.24, 2.45) is 5.73 Å². The van der Waals surface area contributed by atoms with E-state index in [2.05, 4.69) is 57.3 Å². The number of likely N-dealkylation sites (tertiary alicyclic amines) is 1. The Balaban J connectivity index is 1.46. The van der Waals surface area contributed by atoms with Gasteiger partial charge in [0, 0.05) is 12.6 Å². The lowest BCUT2D eigenvalue weighted by molar-refractivity contribution is 0.117. The van der Waals surface area contributed by atoms with Crippen LogP contribution in [0, 0.1) is 0 Å². The molecule has 0 saturated carbocycles. The molecule has 0 aliphatic carbocycles. The smallest absolute Gasteiger partial charge is 0.240 e. The van der Waals surface area contributed by atoms with E-state index in [0.717, 1.165) is 25.5 Å². The summed E-state index contributed by atoms with van der Waals surface area (Å²) >= 11 is 0. The summed E-state index contributed by atoms with van der Waals surface area (Å²) in [4.78, 5) is 9.13. The van der Waals surface area contributed by atoms with Crippen LogP contribution in [0.1, 0.15) is 30.1 Å². The standard InChI is InChI=1S/C17H25N5O/c1-21(13-16-19-17(11-18)23-20-16)15-7-9-22(10-8-15)12-14-5-3-2-4-6-14/h2-6,15H,7-13,18H2,1H3. The molecule has 0 unspecified atom stereocenters. The van der Waals surface area contributed by atoms with Gasteiger partial charge in [0.1, 0.15) is 0 Å². The van der Waals surface area contributed by atoms with Crippen LogP contribution in [0.3, 0.4) is 0 Å². The van der Waals surface area contributed by atoms with E-state index < -0.39 is 0 Å². The fourth-order valence-electron chi connectivity index (χ4n) is 3.15. The largest absolute Gasteiger partial charge is 0.338 e. The second kappa shape index (κ2) is 7.68. The number of aromatic nitrogens is 2. The zero-order chi connectivity index (χ0) is 16.1. The van der Waals surface area contributed by atoms with Gasteiger partial charge in [-0.25, -0.2) is 0 Å². The Bertz CT molecular complexity index is 592. The maximum atomic E-state index is 5.50. The van der Waals surface area contributed by atoms with Crippen molar-refractivity contribution in [2.45, 2.75) is 38.5 Å². The van der Waals surface area contributed by atoms with Gasteiger partial charge in [0.25, 0.3) is 0 Å². The van der Waals surface area contributed by atoms with Crippen LogP contribution in [0.4, 0.5) is 0 Å². The minimum absolute atomic E-state index is 0.300. The SMILES string of the molecule is CN(Cc1noc(CN)n1)C1CCN(Cc2ccccc2)CC1. The summed E-state index contributed by atoms with van der Waals surface area (Å²) in [6, 6.07) is 11.3. The summed E-state index contributed by atoms with van der Waals surface area (Å²) in [6.07, 6.45) is 2.34. The molecule has 23 heavy (non-hydrogen) atoms. The van der Waals surface area contributed by atoms with Gasteiger partial charge in [-0.05, 0) is 38.5 Å². The number of nitrogens with two attached hydrogens (primary N) is 1. The predicted molar refractivity (Wildman–Crippen MR) is 88.4 cm³/mol. The van der Waals surface area contributed by atoms with Gasteiger partial charge in [-0.2, -0.15) is 4.98 Å². The lowest BCUT2D eigenvalue weighted by Gasteiger charge is -2.36. The maximum Gasteiger partial charge on any atom is 0.240 e. The molecule has 2 heterocycles. The third kappa shape index (κ3) is 4.37. The van der Waals surface area contributed by atoms with E-state index in [4.69, 9.17) is 10.3 Å². The minimum atomic E-state index is 0.300. The number of hydrogen-bond donors (Lipinski definition) is 1. The van der Waals surface area contributed by atoms with Crippen molar-refractivity contribution in [3.05, 3.63) is 47.6 Å². The summed E-state index contributed by atoms with van der Waals surface area (Å²) < 4.78 is 5.06. The number of rotatable bonds is 6. The molecule has 0 bridgehead atoms. The monoisotopic (exact) mass is 315 g/mol. The first kappa shape index (κ1) is 16.1. The Morgan fingerprint density at radius 2 is 2.00 bits per heavy atom. The van der Waals surface area contributed by atoms with Crippen molar-refractivity contribution in [2.75, 3.05) is 20.1 Å². The van der Waals surface area contributed by atoms with E-state index in [-0.39, 0.29) is 0 Å². The van der Waals surface area contributed by atoms with Crippen molar-refractivity contribution >= 4 is 0 Å². The van der Waals surface area contributed by atoms with Crippen molar-refractivity contribution in [1.82, 2.24) is 19.9 Å². The highest BCUT2D eigenvalue weighted by molar-refractivity contribution is 5.14. The van der Waals surface area contributed by atoms with Crippen LogP contribution in [0.15, 0.2) is 34.9 Å². The zero-order valence-corrected chi connectivity index (χ0v) is 13.7. The van der Waals surface area contributed by atoms with Gasteiger partial charge in [0.15, 0.2) is 5.82 Å². The number of hydrogen-bond acceptors (Lipinski definition) is 6. The van der Waals surface area contributed by atoms with Crippen LogP contribution >= 0.6 is 0 Å². The van der Waals surface area contributed by atoms with Gasteiger partial charge in [-0.15, -0.1) is 0 Å². The molecule has 2 aromatic rings. The molecule has 1 aliphatic heterocycles. The Hall–Kier alpha value is -1.76. The van der Waals surface area contributed by atoms with Crippen molar-refractivity contribution in [3.8, 4) is 0 Å². The molecule has 1 aromatic carbocycles. The molecular weight excluding hydrogens is 290 g/mol. The van der Waals surface area contributed by atoms with Gasteiger partial charge >= 0.3 is 0 Å². The third-order valence-electron chi connectivity index (χ3n) is 4.51. The highest BCUT2D eigenvalue weighted by Gasteiger charge is 2.23. The quantitative estimate of drug-likeness (QED) is 0.873. The molecule has 0 atom stereocenters. The number of nitrogens with zero attached hydrogens (tertiary/aromatic N) is 4. The molecule has 3 rings (SSSR count). The molecular formula is C17H25N5O. The minimum Gasteiger partial charge on any atom is -0.338 e. The Morgan fingerprint density at radius 1 is 1.26 bits per heavy atom. The molecule has 6 heteroatoms. The topological polar surface area (TPSA) is 71.4 Å². The Labute approximate surface area is 137 Å². The highest BCUT2D eigenvalue weighted by Crippen LogP contribution is 2.18. The van der Waals surface area contributed by atoms with Crippen molar-refractivity contribution < 1.29 is 4.52 Å². The van der Waals surface area contributed by atoms with Crippen LogP contribution in [0.25, 0.3) is 0 Å². The van der Waals surface area contributed by atoms with Crippen LogP contribution in [-0.2, 0) is 19.6 Å². The van der Waals surface area contributed by atoms with Crippen LogP contribution in [0.2, 0.25) is 0 Å². The van der Waals surface area contributed by atoms with E-state index >= 15 is 0 Å². The van der Waals surface area contributed by atoms with Gasteiger partial charge in [-0.3, -0.25) is 9.80 Å². The molecule has 124 valence electrons. The van der Waals surface area contributed by atoms with Crippen molar-refractivity contribution in [1.29, 1.82) is 0 Å². The van der Waals surface area contributed by atoms with Gasteiger partial charge in [0.2, 0.25) is 5.89 Å². The lowest BCUT2D eigenvalue weighted by atomic mass is 10.0. The second-order valence-corrected chi connectivity index (χ2v) is 6.22. The summed E-state index contributed by atoms with van der Waals surface area (Å²) in [5, 5.41) is 3.97. The molecule has 0 spiro atoms. The third-order valence-corrected chi connectivity index (χ3v) is 4.51.